The van der Waals surface area contributed by atoms with Gasteiger partial charge in [-0.2, -0.15) is 0 Å². The SMILES string of the molecule is CCC1CCCC(C(O)CCC2CCCO2)C1. The largest absolute Gasteiger partial charge is 0.393 e. The Balaban J connectivity index is 1.68. The topological polar surface area (TPSA) is 29.5 Å². The molecule has 1 aliphatic heterocycles. The fourth-order valence-electron chi connectivity index (χ4n) is 3.52. The number of aliphatic hydroxyl groups is 1. The lowest BCUT2D eigenvalue weighted by Crippen LogP contribution is -2.27. The van der Waals surface area contributed by atoms with Crippen molar-refractivity contribution in [1.29, 1.82) is 0 Å². The Morgan fingerprint density at radius 1 is 1.24 bits per heavy atom. The predicted octanol–water partition coefficient (Wildman–Crippen LogP) is 3.52. The maximum atomic E-state index is 10.3. The van der Waals surface area contributed by atoms with Gasteiger partial charge in [0, 0.05) is 6.61 Å². The molecule has 0 amide bonds. The van der Waals surface area contributed by atoms with Crippen molar-refractivity contribution in [3.63, 3.8) is 0 Å². The van der Waals surface area contributed by atoms with E-state index in [1.165, 1.54) is 44.9 Å². The number of aliphatic hydroxyl groups excluding tert-OH is 1. The number of hydrogen-bond acceptors (Lipinski definition) is 2. The summed E-state index contributed by atoms with van der Waals surface area (Å²) < 4.78 is 5.62. The number of hydrogen-bond donors (Lipinski definition) is 1. The van der Waals surface area contributed by atoms with Gasteiger partial charge in [-0.3, -0.25) is 0 Å². The highest BCUT2D eigenvalue weighted by atomic mass is 16.5. The average Bonchev–Trinajstić information content (AvgIpc) is 2.89. The van der Waals surface area contributed by atoms with Crippen molar-refractivity contribution in [1.82, 2.24) is 0 Å². The summed E-state index contributed by atoms with van der Waals surface area (Å²) in [4.78, 5) is 0. The highest BCUT2D eigenvalue weighted by molar-refractivity contribution is 4.79. The fourth-order valence-corrected chi connectivity index (χ4v) is 3.52. The normalized spacial score (nSPS) is 36.0. The van der Waals surface area contributed by atoms with Crippen molar-refractivity contribution in [2.45, 2.75) is 76.9 Å². The molecule has 2 fully saturated rings. The second kappa shape index (κ2) is 6.75. The van der Waals surface area contributed by atoms with Gasteiger partial charge in [-0.1, -0.05) is 26.2 Å². The average molecular weight is 240 g/mol. The van der Waals surface area contributed by atoms with Gasteiger partial charge in [0.15, 0.2) is 0 Å². The lowest BCUT2D eigenvalue weighted by Gasteiger charge is -2.32. The van der Waals surface area contributed by atoms with Crippen molar-refractivity contribution < 1.29 is 9.84 Å². The van der Waals surface area contributed by atoms with Gasteiger partial charge in [-0.05, 0) is 50.4 Å². The van der Waals surface area contributed by atoms with Crippen LogP contribution in [0, 0.1) is 11.8 Å². The molecule has 2 nitrogen and oxygen atoms in total. The van der Waals surface area contributed by atoms with Crippen molar-refractivity contribution in [3.05, 3.63) is 0 Å². The number of ether oxygens (including phenoxy) is 1. The van der Waals surface area contributed by atoms with Crippen molar-refractivity contribution >= 4 is 0 Å². The molecule has 1 saturated heterocycles. The Kier molecular flexibility index (Phi) is 5.30. The lowest BCUT2D eigenvalue weighted by molar-refractivity contribution is 0.0385. The molecule has 0 aromatic carbocycles. The third-order valence-corrected chi connectivity index (χ3v) is 4.75. The summed E-state index contributed by atoms with van der Waals surface area (Å²) in [6, 6.07) is 0. The van der Waals surface area contributed by atoms with Crippen LogP contribution in [0.15, 0.2) is 0 Å². The van der Waals surface area contributed by atoms with Gasteiger partial charge in [0.2, 0.25) is 0 Å². The molecule has 17 heavy (non-hydrogen) atoms. The Morgan fingerprint density at radius 2 is 2.12 bits per heavy atom. The van der Waals surface area contributed by atoms with Crippen LogP contribution in [0.25, 0.3) is 0 Å². The molecule has 100 valence electrons. The van der Waals surface area contributed by atoms with Crippen LogP contribution in [-0.4, -0.2) is 23.9 Å². The summed E-state index contributed by atoms with van der Waals surface area (Å²) in [5.41, 5.74) is 0. The Hall–Kier alpha value is -0.0800. The monoisotopic (exact) mass is 240 g/mol. The van der Waals surface area contributed by atoms with E-state index in [4.69, 9.17) is 4.74 Å². The minimum absolute atomic E-state index is 0.0754. The van der Waals surface area contributed by atoms with Crippen molar-refractivity contribution in [3.8, 4) is 0 Å². The third kappa shape index (κ3) is 3.96. The second-order valence-electron chi connectivity index (χ2n) is 5.98. The van der Waals surface area contributed by atoms with E-state index < -0.39 is 0 Å². The van der Waals surface area contributed by atoms with E-state index in [0.29, 0.717) is 12.0 Å². The Labute approximate surface area is 106 Å². The molecule has 2 rings (SSSR count). The maximum Gasteiger partial charge on any atom is 0.0577 e. The zero-order valence-electron chi connectivity index (χ0n) is 11.2. The van der Waals surface area contributed by atoms with Crippen LogP contribution in [0.5, 0.6) is 0 Å². The Morgan fingerprint density at radius 3 is 2.82 bits per heavy atom. The van der Waals surface area contributed by atoms with Crippen molar-refractivity contribution in [2.75, 3.05) is 6.61 Å². The van der Waals surface area contributed by atoms with Gasteiger partial charge in [-0.25, -0.2) is 0 Å². The summed E-state index contributed by atoms with van der Waals surface area (Å²) in [5.74, 6) is 1.43. The molecule has 1 heterocycles. The van der Waals surface area contributed by atoms with Crippen LogP contribution < -0.4 is 0 Å². The van der Waals surface area contributed by atoms with Crippen LogP contribution in [0.3, 0.4) is 0 Å². The van der Waals surface area contributed by atoms with Gasteiger partial charge < -0.3 is 9.84 Å². The molecule has 1 aliphatic carbocycles. The molecular weight excluding hydrogens is 212 g/mol. The molecular formula is C15H28O2. The number of rotatable bonds is 5. The molecule has 1 saturated carbocycles. The zero-order chi connectivity index (χ0) is 12.1. The summed E-state index contributed by atoms with van der Waals surface area (Å²) in [6.07, 6.45) is 11.3. The summed E-state index contributed by atoms with van der Waals surface area (Å²) in [6.45, 7) is 3.22. The van der Waals surface area contributed by atoms with E-state index >= 15 is 0 Å². The molecule has 4 atom stereocenters. The molecule has 4 unspecified atom stereocenters. The smallest absolute Gasteiger partial charge is 0.0577 e. The third-order valence-electron chi connectivity index (χ3n) is 4.75. The van der Waals surface area contributed by atoms with E-state index in [1.54, 1.807) is 0 Å². The molecule has 2 aliphatic rings. The van der Waals surface area contributed by atoms with Gasteiger partial charge in [0.05, 0.1) is 12.2 Å². The second-order valence-corrected chi connectivity index (χ2v) is 5.98. The highest BCUT2D eigenvalue weighted by Crippen LogP contribution is 2.34. The highest BCUT2D eigenvalue weighted by Gasteiger charge is 2.27. The van der Waals surface area contributed by atoms with E-state index in [0.717, 1.165) is 25.4 Å². The minimum atomic E-state index is -0.0754. The Bertz CT molecular complexity index is 211. The minimum Gasteiger partial charge on any atom is -0.393 e. The summed E-state index contributed by atoms with van der Waals surface area (Å²) in [7, 11) is 0. The van der Waals surface area contributed by atoms with E-state index in [-0.39, 0.29) is 6.10 Å². The van der Waals surface area contributed by atoms with E-state index in [9.17, 15) is 5.11 Å². The molecule has 1 N–H and O–H groups in total. The fraction of sp³-hybridized carbons (Fsp3) is 1.00. The predicted molar refractivity (Wildman–Crippen MR) is 70.0 cm³/mol. The van der Waals surface area contributed by atoms with Gasteiger partial charge >= 0.3 is 0 Å². The first-order valence-electron chi connectivity index (χ1n) is 7.59. The molecule has 0 aromatic rings. The quantitative estimate of drug-likeness (QED) is 0.796. The molecule has 0 bridgehead atoms. The molecule has 0 aromatic heterocycles. The van der Waals surface area contributed by atoms with E-state index in [1.807, 2.05) is 0 Å². The molecule has 0 spiro atoms. The zero-order valence-corrected chi connectivity index (χ0v) is 11.2. The van der Waals surface area contributed by atoms with Gasteiger partial charge in [0.1, 0.15) is 0 Å². The van der Waals surface area contributed by atoms with Crippen LogP contribution in [0.4, 0.5) is 0 Å². The summed E-state index contributed by atoms with van der Waals surface area (Å²) >= 11 is 0. The first kappa shape index (κ1) is 13.4. The van der Waals surface area contributed by atoms with Crippen LogP contribution in [0.1, 0.15) is 64.7 Å². The standard InChI is InChI=1S/C15H28O2/c1-2-12-5-3-6-13(11-12)15(16)9-8-14-7-4-10-17-14/h12-16H,2-11H2,1H3. The van der Waals surface area contributed by atoms with Crippen molar-refractivity contribution in [2.24, 2.45) is 11.8 Å². The van der Waals surface area contributed by atoms with Gasteiger partial charge in [-0.15, -0.1) is 0 Å². The lowest BCUT2D eigenvalue weighted by atomic mass is 9.76. The first-order valence-corrected chi connectivity index (χ1v) is 7.59. The van der Waals surface area contributed by atoms with Crippen LogP contribution in [-0.2, 0) is 4.74 Å². The first-order chi connectivity index (χ1) is 8.29. The van der Waals surface area contributed by atoms with Gasteiger partial charge in [0.25, 0.3) is 0 Å². The van der Waals surface area contributed by atoms with Crippen LogP contribution in [0.2, 0.25) is 0 Å². The van der Waals surface area contributed by atoms with Crippen LogP contribution >= 0.6 is 0 Å². The van der Waals surface area contributed by atoms with E-state index in [2.05, 4.69) is 6.92 Å². The summed E-state index contributed by atoms with van der Waals surface area (Å²) in [5, 5.41) is 10.3. The molecule has 2 heteroatoms. The maximum absolute atomic E-state index is 10.3. The molecule has 0 radical (unpaired) electrons.